The maximum atomic E-state index is 10.00. The molecule has 0 aromatic heterocycles. The van der Waals surface area contributed by atoms with Crippen LogP contribution in [0.5, 0.6) is 0 Å². The first-order valence-electron chi connectivity index (χ1n) is 5.24. The van der Waals surface area contributed by atoms with E-state index in [2.05, 4.69) is 30.5 Å². The molecule has 1 fully saturated rings. The van der Waals surface area contributed by atoms with Gasteiger partial charge in [-0.05, 0) is 40.5 Å². The Morgan fingerprint density at radius 1 is 1.43 bits per heavy atom. The van der Waals surface area contributed by atoms with Gasteiger partial charge in [-0.15, -0.1) is 0 Å². The average molecular weight is 198 g/mol. The smallest absolute Gasteiger partial charge is 0.0912 e. The lowest BCUT2D eigenvalue weighted by Crippen LogP contribution is -2.46. The van der Waals surface area contributed by atoms with Crippen LogP contribution in [0, 0.1) is 0 Å². The van der Waals surface area contributed by atoms with Gasteiger partial charge in [-0.2, -0.15) is 0 Å². The Labute approximate surface area is 87.0 Å². The largest absolute Gasteiger partial charge is 0.387 e. The molecule has 1 aliphatic rings. The summed E-state index contributed by atoms with van der Waals surface area (Å²) in [5.41, 5.74) is 0.858. The van der Waals surface area contributed by atoms with Crippen molar-refractivity contribution < 1.29 is 5.11 Å². The van der Waals surface area contributed by atoms with E-state index in [0.717, 1.165) is 25.2 Å². The molecule has 0 aliphatic carbocycles. The standard InChI is InChI=1S/C11H22N2O/c1-9(2)11(14)10-8-12(3)6-5-7-13(10)4/h10-11,14H,1,5-8H2,2-4H3. The second kappa shape index (κ2) is 4.91. The summed E-state index contributed by atoms with van der Waals surface area (Å²) >= 11 is 0. The third-order valence-corrected chi connectivity index (χ3v) is 2.98. The molecular weight excluding hydrogens is 176 g/mol. The molecule has 0 radical (unpaired) electrons. The minimum Gasteiger partial charge on any atom is -0.387 e. The van der Waals surface area contributed by atoms with Gasteiger partial charge in [0.15, 0.2) is 0 Å². The molecule has 1 N–H and O–H groups in total. The third-order valence-electron chi connectivity index (χ3n) is 2.98. The second-order valence-electron chi connectivity index (χ2n) is 4.45. The molecule has 1 heterocycles. The minimum atomic E-state index is -0.402. The van der Waals surface area contributed by atoms with Gasteiger partial charge in [0.2, 0.25) is 0 Å². The fourth-order valence-corrected chi connectivity index (χ4v) is 1.98. The zero-order valence-corrected chi connectivity index (χ0v) is 9.53. The van der Waals surface area contributed by atoms with E-state index in [0.29, 0.717) is 0 Å². The summed E-state index contributed by atoms with van der Waals surface area (Å²) in [6.07, 6.45) is 0.771. The number of rotatable bonds is 2. The molecule has 2 unspecified atom stereocenters. The molecule has 1 aliphatic heterocycles. The van der Waals surface area contributed by atoms with E-state index in [1.807, 2.05) is 6.92 Å². The van der Waals surface area contributed by atoms with Crippen molar-refractivity contribution in [2.75, 3.05) is 33.7 Å². The average Bonchev–Trinajstić information content (AvgIpc) is 2.27. The van der Waals surface area contributed by atoms with Crippen LogP contribution in [-0.2, 0) is 0 Å². The maximum Gasteiger partial charge on any atom is 0.0912 e. The number of likely N-dealkylation sites (N-methyl/N-ethyl adjacent to an activating group) is 2. The predicted octanol–water partition coefficient (Wildman–Crippen LogP) is 0.559. The Balaban J connectivity index is 2.66. The molecule has 0 aromatic rings. The molecule has 14 heavy (non-hydrogen) atoms. The van der Waals surface area contributed by atoms with Gasteiger partial charge < -0.3 is 10.0 Å². The van der Waals surface area contributed by atoms with Gasteiger partial charge in [0.1, 0.15) is 0 Å². The molecule has 3 heteroatoms. The summed E-state index contributed by atoms with van der Waals surface area (Å²) in [5.74, 6) is 0. The van der Waals surface area contributed by atoms with Gasteiger partial charge in [0.05, 0.1) is 12.1 Å². The molecule has 0 saturated carbocycles. The highest BCUT2D eigenvalue weighted by Gasteiger charge is 2.27. The summed E-state index contributed by atoms with van der Waals surface area (Å²) in [7, 11) is 4.19. The van der Waals surface area contributed by atoms with Crippen molar-refractivity contribution >= 4 is 0 Å². The molecule has 0 aromatic carbocycles. The zero-order valence-electron chi connectivity index (χ0n) is 9.53. The Morgan fingerprint density at radius 3 is 2.64 bits per heavy atom. The summed E-state index contributed by atoms with van der Waals surface area (Å²) in [5, 5.41) is 10.00. The summed E-state index contributed by atoms with van der Waals surface area (Å²) in [4.78, 5) is 4.52. The number of aliphatic hydroxyl groups is 1. The number of hydrogen-bond donors (Lipinski definition) is 1. The van der Waals surface area contributed by atoms with Crippen molar-refractivity contribution in [2.45, 2.75) is 25.5 Å². The predicted molar refractivity (Wildman–Crippen MR) is 59.4 cm³/mol. The van der Waals surface area contributed by atoms with Crippen LogP contribution in [0.25, 0.3) is 0 Å². The van der Waals surface area contributed by atoms with Gasteiger partial charge in [-0.25, -0.2) is 0 Å². The van der Waals surface area contributed by atoms with Crippen molar-refractivity contribution in [3.8, 4) is 0 Å². The van der Waals surface area contributed by atoms with Crippen LogP contribution in [0.4, 0.5) is 0 Å². The van der Waals surface area contributed by atoms with Crippen molar-refractivity contribution in [3.05, 3.63) is 12.2 Å². The summed E-state index contributed by atoms with van der Waals surface area (Å²) < 4.78 is 0. The van der Waals surface area contributed by atoms with E-state index in [1.54, 1.807) is 0 Å². The van der Waals surface area contributed by atoms with Crippen LogP contribution in [-0.4, -0.2) is 60.8 Å². The van der Waals surface area contributed by atoms with Crippen molar-refractivity contribution in [3.63, 3.8) is 0 Å². The molecule has 0 amide bonds. The van der Waals surface area contributed by atoms with E-state index < -0.39 is 6.10 Å². The summed E-state index contributed by atoms with van der Waals surface area (Å²) in [6.45, 7) is 8.81. The lowest BCUT2D eigenvalue weighted by atomic mass is 10.0. The van der Waals surface area contributed by atoms with E-state index >= 15 is 0 Å². The first-order valence-corrected chi connectivity index (χ1v) is 5.24. The Kier molecular flexibility index (Phi) is 4.11. The molecule has 3 nitrogen and oxygen atoms in total. The normalized spacial score (nSPS) is 28.4. The quantitative estimate of drug-likeness (QED) is 0.657. The van der Waals surface area contributed by atoms with Crippen LogP contribution in [0.2, 0.25) is 0 Å². The number of aliphatic hydroxyl groups excluding tert-OH is 1. The fraction of sp³-hybridized carbons (Fsp3) is 0.818. The van der Waals surface area contributed by atoms with Crippen molar-refractivity contribution in [2.24, 2.45) is 0 Å². The highest BCUT2D eigenvalue weighted by atomic mass is 16.3. The Morgan fingerprint density at radius 2 is 2.07 bits per heavy atom. The molecule has 1 saturated heterocycles. The highest BCUT2D eigenvalue weighted by Crippen LogP contribution is 2.14. The molecule has 82 valence electrons. The van der Waals surface area contributed by atoms with Crippen LogP contribution in [0.3, 0.4) is 0 Å². The van der Waals surface area contributed by atoms with Crippen molar-refractivity contribution in [1.82, 2.24) is 9.80 Å². The van der Waals surface area contributed by atoms with Gasteiger partial charge in [0.25, 0.3) is 0 Å². The third kappa shape index (κ3) is 2.80. The van der Waals surface area contributed by atoms with Gasteiger partial charge >= 0.3 is 0 Å². The maximum absolute atomic E-state index is 10.00. The second-order valence-corrected chi connectivity index (χ2v) is 4.45. The summed E-state index contributed by atoms with van der Waals surface area (Å²) in [6, 6.07) is 0.194. The first-order chi connectivity index (χ1) is 6.52. The van der Waals surface area contributed by atoms with Crippen molar-refractivity contribution in [1.29, 1.82) is 0 Å². The molecular formula is C11H22N2O. The molecule has 0 spiro atoms. The Hall–Kier alpha value is -0.380. The van der Waals surface area contributed by atoms with Crippen LogP contribution in [0.1, 0.15) is 13.3 Å². The SMILES string of the molecule is C=C(C)C(O)C1CN(C)CCCN1C. The molecule has 2 atom stereocenters. The number of hydrogen-bond acceptors (Lipinski definition) is 3. The molecule has 0 bridgehead atoms. The first kappa shape index (κ1) is 11.7. The molecule has 1 rings (SSSR count). The highest BCUT2D eigenvalue weighted by molar-refractivity contribution is 5.03. The van der Waals surface area contributed by atoms with Crippen LogP contribution < -0.4 is 0 Å². The monoisotopic (exact) mass is 198 g/mol. The van der Waals surface area contributed by atoms with E-state index in [1.165, 1.54) is 6.42 Å². The van der Waals surface area contributed by atoms with Crippen LogP contribution in [0.15, 0.2) is 12.2 Å². The van der Waals surface area contributed by atoms with Gasteiger partial charge in [0, 0.05) is 6.54 Å². The van der Waals surface area contributed by atoms with Gasteiger partial charge in [-0.1, -0.05) is 12.2 Å². The fourth-order valence-electron chi connectivity index (χ4n) is 1.98. The minimum absolute atomic E-state index is 0.194. The van der Waals surface area contributed by atoms with E-state index in [9.17, 15) is 5.11 Å². The lowest BCUT2D eigenvalue weighted by Gasteiger charge is -2.31. The van der Waals surface area contributed by atoms with Gasteiger partial charge in [-0.3, -0.25) is 4.90 Å². The topological polar surface area (TPSA) is 26.7 Å². The Bertz CT molecular complexity index is 205. The van der Waals surface area contributed by atoms with E-state index in [4.69, 9.17) is 0 Å². The zero-order chi connectivity index (χ0) is 10.7. The lowest BCUT2D eigenvalue weighted by molar-refractivity contribution is 0.0822. The van der Waals surface area contributed by atoms with E-state index in [-0.39, 0.29) is 6.04 Å². The number of nitrogens with zero attached hydrogens (tertiary/aromatic N) is 2. The van der Waals surface area contributed by atoms with Crippen LogP contribution >= 0.6 is 0 Å².